The highest BCUT2D eigenvalue weighted by Crippen LogP contribution is 2.51. The molecule has 0 spiro atoms. The van der Waals surface area contributed by atoms with Gasteiger partial charge in [0.2, 0.25) is 0 Å². The fourth-order valence-corrected chi connectivity index (χ4v) is 4.94. The SMILES string of the molecule is CCc1ccc(-c2cccc(C3(C)OCCO3)c2)c([C@H]2CCCC2(C)C)c1. The van der Waals surface area contributed by atoms with Gasteiger partial charge in [-0.15, -0.1) is 0 Å². The lowest BCUT2D eigenvalue weighted by atomic mass is 9.75. The van der Waals surface area contributed by atoms with E-state index in [1.165, 1.54) is 41.5 Å². The molecule has 1 saturated heterocycles. The van der Waals surface area contributed by atoms with Crippen molar-refractivity contribution in [2.24, 2.45) is 5.41 Å². The largest absolute Gasteiger partial charge is 0.344 e. The maximum atomic E-state index is 5.89. The zero-order chi connectivity index (χ0) is 19.1. The first kappa shape index (κ1) is 18.7. The van der Waals surface area contributed by atoms with Gasteiger partial charge in [-0.25, -0.2) is 0 Å². The predicted molar refractivity (Wildman–Crippen MR) is 111 cm³/mol. The first-order valence-corrected chi connectivity index (χ1v) is 10.4. The molecule has 2 nitrogen and oxygen atoms in total. The van der Waals surface area contributed by atoms with E-state index >= 15 is 0 Å². The van der Waals surface area contributed by atoms with Gasteiger partial charge in [0.1, 0.15) is 0 Å². The molecule has 1 aliphatic heterocycles. The Morgan fingerprint density at radius 3 is 2.44 bits per heavy atom. The highest BCUT2D eigenvalue weighted by atomic mass is 16.7. The fourth-order valence-electron chi connectivity index (χ4n) is 4.94. The Bertz CT molecular complexity index is 815. The molecule has 2 aromatic rings. The summed E-state index contributed by atoms with van der Waals surface area (Å²) in [6.45, 7) is 10.5. The minimum atomic E-state index is -0.619. The molecule has 0 aromatic heterocycles. The molecule has 27 heavy (non-hydrogen) atoms. The lowest BCUT2D eigenvalue weighted by Gasteiger charge is -2.30. The van der Waals surface area contributed by atoms with Crippen LogP contribution in [0.5, 0.6) is 0 Å². The van der Waals surface area contributed by atoms with Gasteiger partial charge < -0.3 is 9.47 Å². The normalized spacial score (nSPS) is 23.6. The Kier molecular flexibility index (Phi) is 4.90. The summed E-state index contributed by atoms with van der Waals surface area (Å²) in [7, 11) is 0. The van der Waals surface area contributed by atoms with Crippen LogP contribution >= 0.6 is 0 Å². The Morgan fingerprint density at radius 2 is 1.78 bits per heavy atom. The van der Waals surface area contributed by atoms with E-state index in [9.17, 15) is 0 Å². The zero-order valence-corrected chi connectivity index (χ0v) is 17.2. The van der Waals surface area contributed by atoms with Gasteiger partial charge in [0.15, 0.2) is 5.79 Å². The summed E-state index contributed by atoms with van der Waals surface area (Å²) in [5.74, 6) is 0.00354. The van der Waals surface area contributed by atoms with Gasteiger partial charge in [0.25, 0.3) is 0 Å². The van der Waals surface area contributed by atoms with Crippen LogP contribution < -0.4 is 0 Å². The monoisotopic (exact) mass is 364 g/mol. The fraction of sp³-hybridized carbons (Fsp3) is 0.520. The van der Waals surface area contributed by atoms with Crippen molar-refractivity contribution in [3.8, 4) is 11.1 Å². The predicted octanol–water partition coefficient (Wildman–Crippen LogP) is 6.43. The van der Waals surface area contributed by atoms with Crippen molar-refractivity contribution < 1.29 is 9.47 Å². The second kappa shape index (κ2) is 7.07. The topological polar surface area (TPSA) is 18.5 Å². The third-order valence-electron chi connectivity index (χ3n) is 6.69. The lowest BCUT2D eigenvalue weighted by molar-refractivity contribution is -0.149. The molecule has 0 bridgehead atoms. The van der Waals surface area contributed by atoms with Gasteiger partial charge >= 0.3 is 0 Å². The van der Waals surface area contributed by atoms with Crippen LogP contribution in [0.2, 0.25) is 0 Å². The Hall–Kier alpha value is -1.64. The van der Waals surface area contributed by atoms with E-state index in [2.05, 4.69) is 63.2 Å². The van der Waals surface area contributed by atoms with E-state index in [1.54, 1.807) is 0 Å². The van der Waals surface area contributed by atoms with Crippen molar-refractivity contribution in [2.75, 3.05) is 13.2 Å². The van der Waals surface area contributed by atoms with Gasteiger partial charge in [0, 0.05) is 5.56 Å². The molecular formula is C25H32O2. The molecule has 0 amide bonds. The van der Waals surface area contributed by atoms with Crippen LogP contribution in [0.25, 0.3) is 11.1 Å². The molecule has 0 N–H and O–H groups in total. The average molecular weight is 365 g/mol. The van der Waals surface area contributed by atoms with E-state index in [1.807, 2.05) is 6.92 Å². The number of rotatable bonds is 4. The molecule has 2 heteroatoms. The molecule has 2 fully saturated rings. The van der Waals surface area contributed by atoms with Crippen LogP contribution in [0.15, 0.2) is 42.5 Å². The van der Waals surface area contributed by atoms with Gasteiger partial charge in [-0.3, -0.25) is 0 Å². The van der Waals surface area contributed by atoms with E-state index in [-0.39, 0.29) is 0 Å². The zero-order valence-electron chi connectivity index (χ0n) is 17.2. The minimum Gasteiger partial charge on any atom is -0.344 e. The summed E-state index contributed by atoms with van der Waals surface area (Å²) in [5.41, 5.74) is 7.06. The number of hydrogen-bond acceptors (Lipinski definition) is 2. The van der Waals surface area contributed by atoms with Crippen molar-refractivity contribution in [3.63, 3.8) is 0 Å². The molecule has 144 valence electrons. The van der Waals surface area contributed by atoms with Crippen LogP contribution in [0.4, 0.5) is 0 Å². The molecule has 0 radical (unpaired) electrons. The maximum absolute atomic E-state index is 5.89. The smallest absolute Gasteiger partial charge is 0.192 e. The second-order valence-electron chi connectivity index (χ2n) is 8.93. The summed E-state index contributed by atoms with van der Waals surface area (Å²) in [6.07, 6.45) is 5.01. The van der Waals surface area contributed by atoms with Crippen molar-refractivity contribution in [1.82, 2.24) is 0 Å². The van der Waals surface area contributed by atoms with E-state index in [0.29, 0.717) is 24.5 Å². The Morgan fingerprint density at radius 1 is 1.00 bits per heavy atom. The summed E-state index contributed by atoms with van der Waals surface area (Å²) in [4.78, 5) is 0. The van der Waals surface area contributed by atoms with Gasteiger partial charge in [-0.05, 0) is 65.8 Å². The van der Waals surface area contributed by atoms with Crippen LogP contribution in [0.1, 0.15) is 69.6 Å². The van der Waals surface area contributed by atoms with Gasteiger partial charge in [-0.1, -0.05) is 63.6 Å². The first-order chi connectivity index (χ1) is 12.9. The van der Waals surface area contributed by atoms with Crippen molar-refractivity contribution in [3.05, 3.63) is 59.2 Å². The number of aryl methyl sites for hydroxylation is 1. The van der Waals surface area contributed by atoms with E-state index < -0.39 is 5.79 Å². The number of ether oxygens (including phenoxy) is 2. The lowest BCUT2D eigenvalue weighted by Crippen LogP contribution is -2.22. The standard InChI is InChI=1S/C25H32O2/c1-5-18-11-12-21(22(16-18)23-10-7-13-24(23,2)3)19-8-6-9-20(17-19)25(4)26-14-15-27-25/h6,8-9,11-12,16-17,23H,5,7,10,13-15H2,1-4H3/t23-/m1/s1. The molecular weight excluding hydrogens is 332 g/mol. The molecule has 1 heterocycles. The van der Waals surface area contributed by atoms with E-state index in [0.717, 1.165) is 12.0 Å². The Balaban J connectivity index is 1.80. The van der Waals surface area contributed by atoms with Crippen LogP contribution in [-0.2, 0) is 21.7 Å². The molecule has 4 rings (SSSR count). The van der Waals surface area contributed by atoms with Crippen LogP contribution in [0.3, 0.4) is 0 Å². The molecule has 1 atom stereocenters. The van der Waals surface area contributed by atoms with E-state index in [4.69, 9.17) is 9.47 Å². The number of hydrogen-bond donors (Lipinski definition) is 0. The highest BCUT2D eigenvalue weighted by molar-refractivity contribution is 5.70. The highest BCUT2D eigenvalue weighted by Gasteiger charge is 2.37. The second-order valence-corrected chi connectivity index (χ2v) is 8.93. The third-order valence-corrected chi connectivity index (χ3v) is 6.69. The average Bonchev–Trinajstić information content (AvgIpc) is 3.27. The minimum absolute atomic E-state index is 0.363. The van der Waals surface area contributed by atoms with Gasteiger partial charge in [-0.2, -0.15) is 0 Å². The van der Waals surface area contributed by atoms with Crippen molar-refractivity contribution in [1.29, 1.82) is 0 Å². The number of benzene rings is 2. The quantitative estimate of drug-likeness (QED) is 0.622. The molecule has 1 aliphatic carbocycles. The van der Waals surface area contributed by atoms with Gasteiger partial charge in [0.05, 0.1) is 13.2 Å². The summed E-state index contributed by atoms with van der Waals surface area (Å²) < 4.78 is 11.8. The van der Waals surface area contributed by atoms with Crippen molar-refractivity contribution in [2.45, 2.75) is 65.1 Å². The van der Waals surface area contributed by atoms with Crippen LogP contribution in [0, 0.1) is 5.41 Å². The van der Waals surface area contributed by atoms with Crippen molar-refractivity contribution >= 4 is 0 Å². The maximum Gasteiger partial charge on any atom is 0.192 e. The summed E-state index contributed by atoms with van der Waals surface area (Å²) in [5, 5.41) is 0. The van der Waals surface area contributed by atoms with Crippen LogP contribution in [-0.4, -0.2) is 13.2 Å². The molecule has 0 unspecified atom stereocenters. The Labute approximate surface area is 163 Å². The summed E-state index contributed by atoms with van der Waals surface area (Å²) >= 11 is 0. The third kappa shape index (κ3) is 3.46. The summed E-state index contributed by atoms with van der Waals surface area (Å²) in [6, 6.07) is 15.8. The molecule has 1 saturated carbocycles. The molecule has 2 aliphatic rings. The first-order valence-electron chi connectivity index (χ1n) is 10.4. The molecule has 2 aromatic carbocycles.